The van der Waals surface area contributed by atoms with Crippen LogP contribution >= 0.6 is 22.9 Å². The molecule has 0 aliphatic carbocycles. The number of nitriles is 1. The van der Waals surface area contributed by atoms with Crippen molar-refractivity contribution in [3.63, 3.8) is 0 Å². The van der Waals surface area contributed by atoms with E-state index in [1.807, 2.05) is 42.6 Å². The molecule has 1 heterocycles. The minimum absolute atomic E-state index is 0.203. The summed E-state index contributed by atoms with van der Waals surface area (Å²) in [5, 5.41) is 14.2. The Labute approximate surface area is 159 Å². The Morgan fingerprint density at radius 1 is 1.31 bits per heavy atom. The predicted octanol–water partition coefficient (Wildman–Crippen LogP) is 4.66. The van der Waals surface area contributed by atoms with Crippen LogP contribution in [0.4, 0.5) is 5.13 Å². The number of thiazole rings is 1. The van der Waals surface area contributed by atoms with Gasteiger partial charge in [-0.1, -0.05) is 41.4 Å². The number of halogens is 1. The number of ether oxygens (including phenoxy) is 1. The number of nitrogens with zero attached hydrogens (tertiary/aromatic N) is 2. The average molecular weight is 384 g/mol. The highest BCUT2D eigenvalue weighted by Crippen LogP contribution is 2.26. The molecular weight excluding hydrogens is 370 g/mol. The Hall–Kier alpha value is -2.88. The summed E-state index contributed by atoms with van der Waals surface area (Å²) in [5.41, 5.74) is 3.41. The van der Waals surface area contributed by atoms with Crippen molar-refractivity contribution < 1.29 is 9.53 Å². The number of anilines is 1. The molecule has 3 rings (SSSR count). The van der Waals surface area contributed by atoms with Gasteiger partial charge in [-0.25, -0.2) is 4.98 Å². The van der Waals surface area contributed by atoms with Gasteiger partial charge in [-0.3, -0.25) is 10.1 Å². The third kappa shape index (κ3) is 4.39. The molecule has 0 radical (unpaired) electrons. The molecule has 1 amide bonds. The van der Waals surface area contributed by atoms with Gasteiger partial charge in [0.2, 0.25) is 0 Å². The van der Waals surface area contributed by atoms with Crippen molar-refractivity contribution in [2.24, 2.45) is 0 Å². The SMILES string of the molecule is Cc1ccc(-c2csc(NC(=O)COc3ccc(C#N)cc3Cl)n2)cc1. The van der Waals surface area contributed by atoms with Crippen molar-refractivity contribution in [2.75, 3.05) is 11.9 Å². The number of aromatic nitrogens is 1. The highest BCUT2D eigenvalue weighted by molar-refractivity contribution is 7.14. The number of aryl methyl sites for hydroxylation is 1. The zero-order valence-corrected chi connectivity index (χ0v) is 15.4. The van der Waals surface area contributed by atoms with Crippen LogP contribution < -0.4 is 10.1 Å². The zero-order valence-electron chi connectivity index (χ0n) is 13.8. The van der Waals surface area contributed by atoms with Crippen LogP contribution in [0, 0.1) is 18.3 Å². The summed E-state index contributed by atoms with van der Waals surface area (Å²) in [5.74, 6) is 0.00975. The Balaban J connectivity index is 1.59. The summed E-state index contributed by atoms with van der Waals surface area (Å²) in [7, 11) is 0. The normalized spacial score (nSPS) is 10.2. The summed E-state index contributed by atoms with van der Waals surface area (Å²) in [6.07, 6.45) is 0. The van der Waals surface area contributed by atoms with Crippen LogP contribution in [0.1, 0.15) is 11.1 Å². The highest BCUT2D eigenvalue weighted by Gasteiger charge is 2.10. The number of carbonyl (C=O) groups excluding carboxylic acids is 1. The third-order valence-corrected chi connectivity index (χ3v) is 4.57. The van der Waals surface area contributed by atoms with Crippen molar-refractivity contribution in [2.45, 2.75) is 6.92 Å². The molecule has 1 N–H and O–H groups in total. The van der Waals surface area contributed by atoms with Crippen LogP contribution in [0.2, 0.25) is 5.02 Å². The monoisotopic (exact) mass is 383 g/mol. The number of nitrogens with one attached hydrogen (secondary N) is 1. The van der Waals surface area contributed by atoms with Gasteiger partial charge in [0.25, 0.3) is 5.91 Å². The molecule has 0 saturated heterocycles. The molecule has 0 unspecified atom stereocenters. The lowest BCUT2D eigenvalue weighted by atomic mass is 10.1. The largest absolute Gasteiger partial charge is 0.482 e. The smallest absolute Gasteiger partial charge is 0.264 e. The lowest BCUT2D eigenvalue weighted by molar-refractivity contribution is -0.118. The molecular formula is C19H14ClN3O2S. The summed E-state index contributed by atoms with van der Waals surface area (Å²) in [6.45, 7) is 1.82. The van der Waals surface area contributed by atoms with E-state index in [0.29, 0.717) is 16.4 Å². The zero-order chi connectivity index (χ0) is 18.5. The predicted molar refractivity (Wildman–Crippen MR) is 103 cm³/mol. The number of amides is 1. The van der Waals surface area contributed by atoms with E-state index in [2.05, 4.69) is 10.3 Å². The molecule has 0 aliphatic heterocycles. The van der Waals surface area contributed by atoms with E-state index in [4.69, 9.17) is 21.6 Å². The Morgan fingerprint density at radius 3 is 2.77 bits per heavy atom. The van der Waals surface area contributed by atoms with Gasteiger partial charge < -0.3 is 4.74 Å². The molecule has 0 saturated carbocycles. The Kier molecular flexibility index (Phi) is 5.52. The van der Waals surface area contributed by atoms with E-state index in [9.17, 15) is 4.79 Å². The van der Waals surface area contributed by atoms with Crippen LogP contribution in [0.25, 0.3) is 11.3 Å². The van der Waals surface area contributed by atoms with Crippen molar-refractivity contribution in [1.82, 2.24) is 4.98 Å². The quantitative estimate of drug-likeness (QED) is 0.695. The van der Waals surface area contributed by atoms with Crippen LogP contribution in [-0.2, 0) is 4.79 Å². The first kappa shape index (κ1) is 17.9. The van der Waals surface area contributed by atoms with E-state index < -0.39 is 0 Å². The van der Waals surface area contributed by atoms with E-state index in [0.717, 1.165) is 11.3 Å². The lowest BCUT2D eigenvalue weighted by Gasteiger charge is -2.07. The minimum atomic E-state index is -0.338. The van der Waals surface area contributed by atoms with E-state index in [-0.39, 0.29) is 17.5 Å². The molecule has 0 atom stereocenters. The van der Waals surface area contributed by atoms with E-state index in [1.165, 1.54) is 23.0 Å². The fourth-order valence-corrected chi connectivity index (χ4v) is 3.15. The Bertz CT molecular complexity index is 977. The van der Waals surface area contributed by atoms with Gasteiger partial charge in [0.15, 0.2) is 11.7 Å². The van der Waals surface area contributed by atoms with Crippen molar-refractivity contribution in [3.8, 4) is 23.1 Å². The maximum absolute atomic E-state index is 12.0. The fraction of sp³-hybridized carbons (Fsp3) is 0.105. The van der Waals surface area contributed by atoms with Gasteiger partial charge in [-0.15, -0.1) is 11.3 Å². The molecule has 0 fully saturated rings. The number of hydrogen-bond acceptors (Lipinski definition) is 5. The molecule has 0 bridgehead atoms. The molecule has 26 heavy (non-hydrogen) atoms. The van der Waals surface area contributed by atoms with Gasteiger partial charge in [-0.2, -0.15) is 5.26 Å². The summed E-state index contributed by atoms with van der Waals surface area (Å²) >= 11 is 7.36. The van der Waals surface area contributed by atoms with Crippen LogP contribution in [0.3, 0.4) is 0 Å². The van der Waals surface area contributed by atoms with Gasteiger partial charge in [0.1, 0.15) is 5.75 Å². The standard InChI is InChI=1S/C19H14ClN3O2S/c1-12-2-5-14(6-3-12)16-11-26-19(22-16)23-18(24)10-25-17-7-4-13(9-21)8-15(17)20/h2-8,11H,10H2,1H3,(H,22,23,24). The van der Waals surface area contributed by atoms with Crippen molar-refractivity contribution >= 4 is 34.0 Å². The fourth-order valence-electron chi connectivity index (χ4n) is 2.17. The minimum Gasteiger partial charge on any atom is -0.482 e. The number of carbonyl (C=O) groups is 1. The molecule has 0 spiro atoms. The summed E-state index contributed by atoms with van der Waals surface area (Å²) in [6, 6.07) is 14.6. The molecule has 3 aromatic rings. The molecule has 130 valence electrons. The first-order valence-electron chi connectivity index (χ1n) is 7.70. The van der Waals surface area contributed by atoms with E-state index in [1.54, 1.807) is 12.1 Å². The second kappa shape index (κ2) is 8.00. The van der Waals surface area contributed by atoms with Crippen LogP contribution in [0.15, 0.2) is 47.8 Å². The van der Waals surface area contributed by atoms with Gasteiger partial charge in [-0.05, 0) is 25.1 Å². The van der Waals surface area contributed by atoms with Gasteiger partial charge in [0, 0.05) is 10.9 Å². The third-order valence-electron chi connectivity index (χ3n) is 3.52. The maximum atomic E-state index is 12.0. The second-order valence-electron chi connectivity index (χ2n) is 5.50. The van der Waals surface area contributed by atoms with Crippen LogP contribution in [0.5, 0.6) is 5.75 Å². The maximum Gasteiger partial charge on any atom is 0.264 e. The topological polar surface area (TPSA) is 75.0 Å². The summed E-state index contributed by atoms with van der Waals surface area (Å²) < 4.78 is 5.40. The first-order valence-corrected chi connectivity index (χ1v) is 8.96. The van der Waals surface area contributed by atoms with Crippen LogP contribution in [-0.4, -0.2) is 17.5 Å². The molecule has 7 heteroatoms. The Morgan fingerprint density at radius 2 is 2.08 bits per heavy atom. The van der Waals surface area contributed by atoms with Crippen molar-refractivity contribution in [3.05, 3.63) is 64.0 Å². The molecule has 2 aromatic carbocycles. The van der Waals surface area contributed by atoms with Gasteiger partial charge in [0.05, 0.1) is 22.3 Å². The van der Waals surface area contributed by atoms with E-state index >= 15 is 0 Å². The molecule has 5 nitrogen and oxygen atoms in total. The first-order chi connectivity index (χ1) is 12.5. The number of rotatable bonds is 5. The summed E-state index contributed by atoms with van der Waals surface area (Å²) in [4.78, 5) is 16.5. The molecule has 1 aromatic heterocycles. The lowest BCUT2D eigenvalue weighted by Crippen LogP contribution is -2.20. The average Bonchev–Trinajstić information content (AvgIpc) is 3.09. The molecule has 0 aliphatic rings. The van der Waals surface area contributed by atoms with Gasteiger partial charge >= 0.3 is 0 Å². The second-order valence-corrected chi connectivity index (χ2v) is 6.76. The van der Waals surface area contributed by atoms with Crippen molar-refractivity contribution in [1.29, 1.82) is 5.26 Å². The highest BCUT2D eigenvalue weighted by atomic mass is 35.5. The number of benzene rings is 2. The number of hydrogen-bond donors (Lipinski definition) is 1.